The smallest absolute Gasteiger partial charge is 0.267 e. The number of nitrogens with two attached hydrogens (primary N) is 2. The first-order valence-electron chi connectivity index (χ1n) is 5.96. The molecule has 0 bridgehead atoms. The van der Waals surface area contributed by atoms with Crippen LogP contribution >= 0.6 is 0 Å². The summed E-state index contributed by atoms with van der Waals surface area (Å²) in [4.78, 5) is 17.4. The number of primary amides is 1. The second kappa shape index (κ2) is 5.22. The predicted molar refractivity (Wildman–Crippen MR) is 69.4 cm³/mol. The van der Waals surface area contributed by atoms with Crippen molar-refractivity contribution in [2.24, 2.45) is 5.73 Å². The molecule has 0 aromatic carbocycles. The van der Waals surface area contributed by atoms with Gasteiger partial charge in [0, 0.05) is 20.2 Å². The van der Waals surface area contributed by atoms with Crippen molar-refractivity contribution >= 4 is 17.4 Å². The van der Waals surface area contributed by atoms with Gasteiger partial charge in [-0.05, 0) is 25.0 Å². The van der Waals surface area contributed by atoms with Crippen LogP contribution in [0.25, 0.3) is 0 Å². The molecule has 6 heteroatoms. The maximum atomic E-state index is 11.1. The van der Waals surface area contributed by atoms with Gasteiger partial charge in [0.2, 0.25) is 0 Å². The first-order chi connectivity index (χ1) is 8.61. The monoisotopic (exact) mass is 250 g/mol. The number of rotatable bonds is 3. The average molecular weight is 250 g/mol. The molecule has 0 aliphatic carbocycles. The zero-order valence-electron chi connectivity index (χ0n) is 10.4. The third kappa shape index (κ3) is 2.53. The van der Waals surface area contributed by atoms with Crippen LogP contribution in [-0.2, 0) is 4.74 Å². The zero-order chi connectivity index (χ0) is 13.1. The molecule has 0 atom stereocenters. The standard InChI is InChI=1S/C12H18N4O2/c1-18-8-4-6-16(7-5-8)12-9(13)2-3-10(15-12)11(14)17/h2-3,8H,4-7,13H2,1H3,(H2,14,17). The van der Waals surface area contributed by atoms with Gasteiger partial charge in [-0.2, -0.15) is 0 Å². The summed E-state index contributed by atoms with van der Waals surface area (Å²) in [6, 6.07) is 3.22. The molecule has 1 amide bonds. The van der Waals surface area contributed by atoms with E-state index in [9.17, 15) is 4.79 Å². The number of nitrogens with zero attached hydrogens (tertiary/aromatic N) is 2. The molecule has 0 radical (unpaired) electrons. The van der Waals surface area contributed by atoms with Crippen molar-refractivity contribution in [3.05, 3.63) is 17.8 Å². The highest BCUT2D eigenvalue weighted by Gasteiger charge is 2.21. The Bertz CT molecular complexity index is 442. The number of pyridine rings is 1. The molecule has 2 heterocycles. The van der Waals surface area contributed by atoms with Crippen LogP contribution < -0.4 is 16.4 Å². The van der Waals surface area contributed by atoms with Gasteiger partial charge < -0.3 is 21.1 Å². The molecule has 6 nitrogen and oxygen atoms in total. The lowest BCUT2D eigenvalue weighted by Gasteiger charge is -2.32. The summed E-state index contributed by atoms with van der Waals surface area (Å²) >= 11 is 0. The topological polar surface area (TPSA) is 94.5 Å². The Hall–Kier alpha value is -1.82. The van der Waals surface area contributed by atoms with Gasteiger partial charge in [-0.1, -0.05) is 0 Å². The lowest BCUT2D eigenvalue weighted by Crippen LogP contribution is -2.37. The molecule has 1 aliphatic heterocycles. The summed E-state index contributed by atoms with van der Waals surface area (Å²) < 4.78 is 5.32. The van der Waals surface area contributed by atoms with Crippen molar-refractivity contribution in [3.8, 4) is 0 Å². The first kappa shape index (κ1) is 12.6. The zero-order valence-corrected chi connectivity index (χ0v) is 10.4. The van der Waals surface area contributed by atoms with Crippen LogP contribution in [-0.4, -0.2) is 37.2 Å². The van der Waals surface area contributed by atoms with E-state index < -0.39 is 5.91 Å². The van der Waals surface area contributed by atoms with Crippen LogP contribution in [0.2, 0.25) is 0 Å². The van der Waals surface area contributed by atoms with Gasteiger partial charge in [-0.3, -0.25) is 4.79 Å². The molecule has 1 aromatic heterocycles. The minimum atomic E-state index is -0.539. The lowest BCUT2D eigenvalue weighted by atomic mass is 10.1. The van der Waals surface area contributed by atoms with Crippen LogP contribution in [0.4, 0.5) is 11.5 Å². The van der Waals surface area contributed by atoms with Crippen molar-refractivity contribution < 1.29 is 9.53 Å². The third-order valence-electron chi connectivity index (χ3n) is 3.23. The van der Waals surface area contributed by atoms with Gasteiger partial charge in [-0.25, -0.2) is 4.98 Å². The fourth-order valence-electron chi connectivity index (χ4n) is 2.15. The summed E-state index contributed by atoms with van der Waals surface area (Å²) in [5.41, 5.74) is 11.9. The largest absolute Gasteiger partial charge is 0.396 e. The van der Waals surface area contributed by atoms with Gasteiger partial charge in [-0.15, -0.1) is 0 Å². The first-order valence-corrected chi connectivity index (χ1v) is 5.96. The number of nitrogen functional groups attached to an aromatic ring is 1. The maximum Gasteiger partial charge on any atom is 0.267 e. The highest BCUT2D eigenvalue weighted by Crippen LogP contribution is 2.25. The molecular formula is C12H18N4O2. The molecule has 1 aliphatic rings. The number of ether oxygens (including phenoxy) is 1. The van der Waals surface area contributed by atoms with Crippen LogP contribution in [0.3, 0.4) is 0 Å². The molecule has 18 heavy (non-hydrogen) atoms. The van der Waals surface area contributed by atoms with E-state index in [0.717, 1.165) is 25.9 Å². The molecule has 4 N–H and O–H groups in total. The number of carbonyl (C=O) groups excluding carboxylic acids is 1. The van der Waals surface area contributed by atoms with Crippen molar-refractivity contribution in [2.75, 3.05) is 30.8 Å². The van der Waals surface area contributed by atoms with Crippen molar-refractivity contribution in [2.45, 2.75) is 18.9 Å². The molecule has 1 fully saturated rings. The fourth-order valence-corrected chi connectivity index (χ4v) is 2.15. The Labute approximate surface area is 106 Å². The summed E-state index contributed by atoms with van der Waals surface area (Å²) in [6.07, 6.45) is 2.15. The van der Waals surface area contributed by atoms with Gasteiger partial charge in [0.1, 0.15) is 5.69 Å². The predicted octanol–water partition coefficient (Wildman–Crippen LogP) is 0.378. The van der Waals surface area contributed by atoms with Crippen LogP contribution in [0.1, 0.15) is 23.3 Å². The SMILES string of the molecule is COC1CCN(c2nc(C(N)=O)ccc2N)CC1. The van der Waals surface area contributed by atoms with Crippen LogP contribution in [0.5, 0.6) is 0 Å². The fraction of sp³-hybridized carbons (Fsp3) is 0.500. The Kier molecular flexibility index (Phi) is 3.66. The molecule has 1 aromatic rings. The summed E-state index contributed by atoms with van der Waals surface area (Å²) in [7, 11) is 1.72. The quantitative estimate of drug-likeness (QED) is 0.808. The molecular weight excluding hydrogens is 232 g/mol. The average Bonchev–Trinajstić information content (AvgIpc) is 2.39. The van der Waals surface area contributed by atoms with Crippen molar-refractivity contribution in [1.82, 2.24) is 4.98 Å². The molecule has 0 unspecified atom stereocenters. The number of methoxy groups -OCH3 is 1. The third-order valence-corrected chi connectivity index (χ3v) is 3.23. The molecule has 0 spiro atoms. The Morgan fingerprint density at radius 1 is 1.44 bits per heavy atom. The lowest BCUT2D eigenvalue weighted by molar-refractivity contribution is 0.0818. The van der Waals surface area contributed by atoms with Crippen molar-refractivity contribution in [1.29, 1.82) is 0 Å². The summed E-state index contributed by atoms with van der Waals surface area (Å²) in [5.74, 6) is 0.101. The van der Waals surface area contributed by atoms with E-state index in [0.29, 0.717) is 17.6 Å². The van der Waals surface area contributed by atoms with Gasteiger partial charge in [0.05, 0.1) is 11.8 Å². The number of hydrogen-bond donors (Lipinski definition) is 2. The number of piperidine rings is 1. The van der Waals surface area contributed by atoms with E-state index in [1.807, 2.05) is 0 Å². The van der Waals surface area contributed by atoms with E-state index in [-0.39, 0.29) is 5.69 Å². The van der Waals surface area contributed by atoms with Crippen LogP contribution in [0, 0.1) is 0 Å². The van der Waals surface area contributed by atoms with E-state index in [2.05, 4.69) is 9.88 Å². The number of amides is 1. The second-order valence-corrected chi connectivity index (χ2v) is 4.40. The highest BCUT2D eigenvalue weighted by atomic mass is 16.5. The molecule has 2 rings (SSSR count). The summed E-state index contributed by atoms with van der Waals surface area (Å²) in [6.45, 7) is 1.63. The summed E-state index contributed by atoms with van der Waals surface area (Å²) in [5, 5.41) is 0. The van der Waals surface area contributed by atoms with E-state index >= 15 is 0 Å². The molecule has 1 saturated heterocycles. The minimum absolute atomic E-state index is 0.244. The van der Waals surface area contributed by atoms with Gasteiger partial charge in [0.25, 0.3) is 5.91 Å². The normalized spacial score (nSPS) is 16.8. The van der Waals surface area contributed by atoms with Gasteiger partial charge >= 0.3 is 0 Å². The Morgan fingerprint density at radius 2 is 2.11 bits per heavy atom. The van der Waals surface area contributed by atoms with E-state index in [4.69, 9.17) is 16.2 Å². The maximum absolute atomic E-state index is 11.1. The van der Waals surface area contributed by atoms with Gasteiger partial charge in [0.15, 0.2) is 5.82 Å². The molecule has 0 saturated carbocycles. The van der Waals surface area contributed by atoms with Crippen molar-refractivity contribution in [3.63, 3.8) is 0 Å². The Morgan fingerprint density at radius 3 is 2.67 bits per heavy atom. The number of anilines is 2. The van der Waals surface area contributed by atoms with E-state index in [1.54, 1.807) is 19.2 Å². The van der Waals surface area contributed by atoms with Crippen LogP contribution in [0.15, 0.2) is 12.1 Å². The second-order valence-electron chi connectivity index (χ2n) is 4.40. The number of carbonyl (C=O) groups is 1. The minimum Gasteiger partial charge on any atom is -0.396 e. The number of hydrogen-bond acceptors (Lipinski definition) is 5. The number of aromatic nitrogens is 1. The molecule has 98 valence electrons. The highest BCUT2D eigenvalue weighted by molar-refractivity contribution is 5.91. The Balaban J connectivity index is 2.18. The van der Waals surface area contributed by atoms with E-state index in [1.165, 1.54) is 0 Å².